The minimum absolute atomic E-state index is 0.257. The third kappa shape index (κ3) is 5.91. The Morgan fingerprint density at radius 3 is 2.38 bits per heavy atom. The van der Waals surface area contributed by atoms with Gasteiger partial charge in [0.05, 0.1) is 6.54 Å². The van der Waals surface area contributed by atoms with Crippen molar-refractivity contribution in [3.63, 3.8) is 0 Å². The van der Waals surface area contributed by atoms with Gasteiger partial charge in [-0.2, -0.15) is 0 Å². The Bertz CT molecular complexity index is 695. The van der Waals surface area contributed by atoms with Crippen LogP contribution in [0.15, 0.2) is 41.5 Å². The summed E-state index contributed by atoms with van der Waals surface area (Å²) in [5.41, 5.74) is 9.99. The van der Waals surface area contributed by atoms with Crippen LogP contribution in [0.3, 0.4) is 0 Å². The topological polar surface area (TPSA) is 72.5 Å². The quantitative estimate of drug-likeness (QED) is 0.662. The summed E-state index contributed by atoms with van der Waals surface area (Å²) in [5.74, 6) is 0.992. The van der Waals surface area contributed by atoms with E-state index in [4.69, 9.17) is 10.5 Å². The van der Waals surface area contributed by atoms with Gasteiger partial charge in [0, 0.05) is 18.0 Å². The predicted molar refractivity (Wildman–Crippen MR) is 99.5 cm³/mol. The zero-order valence-corrected chi connectivity index (χ0v) is 15.1. The lowest BCUT2D eigenvalue weighted by Gasteiger charge is -2.20. The first-order chi connectivity index (χ1) is 11.2. The summed E-state index contributed by atoms with van der Waals surface area (Å²) in [7, 11) is 0. The van der Waals surface area contributed by atoms with E-state index in [9.17, 15) is 0 Å². The number of nitrogens with two attached hydrogens (primary N) is 1. The zero-order valence-electron chi connectivity index (χ0n) is 15.1. The van der Waals surface area contributed by atoms with Crippen LogP contribution in [0.25, 0.3) is 0 Å². The van der Waals surface area contributed by atoms with E-state index in [1.54, 1.807) is 6.20 Å². The summed E-state index contributed by atoms with van der Waals surface area (Å²) >= 11 is 0. The molecule has 1 aromatic carbocycles. The van der Waals surface area contributed by atoms with Crippen LogP contribution in [-0.2, 0) is 6.54 Å². The highest BCUT2D eigenvalue weighted by Gasteiger charge is 2.12. The van der Waals surface area contributed by atoms with E-state index in [-0.39, 0.29) is 5.60 Å². The average Bonchev–Trinajstić information content (AvgIpc) is 2.44. The number of anilines is 1. The van der Waals surface area contributed by atoms with Gasteiger partial charge in [-0.15, -0.1) is 0 Å². The molecule has 0 spiro atoms. The van der Waals surface area contributed by atoms with Crippen molar-refractivity contribution in [2.45, 2.75) is 46.8 Å². The molecular formula is C19H26N4O. The van der Waals surface area contributed by atoms with E-state index in [1.165, 1.54) is 11.1 Å². The van der Waals surface area contributed by atoms with Gasteiger partial charge in [-0.25, -0.2) is 9.98 Å². The van der Waals surface area contributed by atoms with Crippen LogP contribution in [0, 0.1) is 13.8 Å². The number of ether oxygens (including phenoxy) is 1. The second-order valence-electron chi connectivity index (χ2n) is 6.92. The van der Waals surface area contributed by atoms with Crippen LogP contribution in [0.4, 0.5) is 5.69 Å². The second kappa shape index (κ2) is 7.34. The Balaban J connectivity index is 1.96. The molecule has 3 N–H and O–H groups in total. The standard InChI is InChI=1S/C19H26N4O/c1-13-8-14(2)10-16(9-13)23-18(20)22-12-15-6-7-17(21-11-15)24-19(3,4)5/h6-11H,12H2,1-5H3,(H3,20,22,23). The molecule has 0 saturated heterocycles. The number of aromatic nitrogens is 1. The molecule has 0 aliphatic carbocycles. The second-order valence-corrected chi connectivity index (χ2v) is 6.92. The van der Waals surface area contributed by atoms with Gasteiger partial charge in [-0.1, -0.05) is 12.1 Å². The summed E-state index contributed by atoms with van der Waals surface area (Å²) in [5, 5.41) is 3.12. The first kappa shape index (κ1) is 17.8. The van der Waals surface area contributed by atoms with Crippen molar-refractivity contribution in [2.24, 2.45) is 10.7 Å². The van der Waals surface area contributed by atoms with E-state index in [0.717, 1.165) is 11.3 Å². The van der Waals surface area contributed by atoms with Gasteiger partial charge in [0.15, 0.2) is 5.96 Å². The van der Waals surface area contributed by atoms with Crippen LogP contribution in [0.2, 0.25) is 0 Å². The number of hydrogen-bond acceptors (Lipinski definition) is 3. The van der Waals surface area contributed by atoms with Crippen LogP contribution in [-0.4, -0.2) is 16.5 Å². The molecule has 24 heavy (non-hydrogen) atoms. The molecule has 0 bridgehead atoms. The van der Waals surface area contributed by atoms with Gasteiger partial charge < -0.3 is 15.8 Å². The first-order valence-electron chi connectivity index (χ1n) is 8.00. The van der Waals surface area contributed by atoms with Crippen molar-refractivity contribution in [1.82, 2.24) is 4.98 Å². The summed E-state index contributed by atoms with van der Waals surface area (Å²) in [6.07, 6.45) is 1.76. The van der Waals surface area contributed by atoms with Crippen LogP contribution < -0.4 is 15.8 Å². The molecule has 0 aliphatic heterocycles. The molecule has 0 atom stereocenters. The Morgan fingerprint density at radius 2 is 1.83 bits per heavy atom. The molecule has 1 aromatic heterocycles. The first-order valence-corrected chi connectivity index (χ1v) is 8.00. The Morgan fingerprint density at radius 1 is 1.17 bits per heavy atom. The maximum absolute atomic E-state index is 5.96. The van der Waals surface area contributed by atoms with Crippen molar-refractivity contribution >= 4 is 11.6 Å². The molecule has 0 radical (unpaired) electrons. The summed E-state index contributed by atoms with van der Waals surface area (Å²) in [6.45, 7) is 10.5. The largest absolute Gasteiger partial charge is 0.472 e. The van der Waals surface area contributed by atoms with Crippen molar-refractivity contribution < 1.29 is 4.74 Å². The summed E-state index contributed by atoms with van der Waals surface area (Å²) in [4.78, 5) is 8.65. The fourth-order valence-corrected chi connectivity index (χ4v) is 2.29. The smallest absolute Gasteiger partial charge is 0.213 e. The maximum atomic E-state index is 5.96. The monoisotopic (exact) mass is 326 g/mol. The van der Waals surface area contributed by atoms with Crippen LogP contribution in [0.1, 0.15) is 37.5 Å². The van der Waals surface area contributed by atoms with Crippen molar-refractivity contribution in [3.05, 3.63) is 53.2 Å². The fraction of sp³-hybridized carbons (Fsp3) is 0.368. The summed E-state index contributed by atoms with van der Waals surface area (Å²) in [6, 6.07) is 9.99. The highest BCUT2D eigenvalue weighted by atomic mass is 16.5. The predicted octanol–water partition coefficient (Wildman–Crippen LogP) is 3.80. The van der Waals surface area contributed by atoms with Gasteiger partial charge in [0.25, 0.3) is 0 Å². The Labute approximate surface area is 144 Å². The number of pyridine rings is 1. The number of aryl methyl sites for hydroxylation is 2. The maximum Gasteiger partial charge on any atom is 0.213 e. The number of guanidine groups is 1. The van der Waals surface area contributed by atoms with Crippen LogP contribution in [0.5, 0.6) is 5.88 Å². The molecule has 5 heteroatoms. The number of benzene rings is 1. The van der Waals surface area contributed by atoms with E-state index in [0.29, 0.717) is 18.4 Å². The minimum atomic E-state index is -0.257. The highest BCUT2D eigenvalue weighted by molar-refractivity contribution is 5.92. The number of nitrogens with one attached hydrogen (secondary N) is 1. The van der Waals surface area contributed by atoms with Crippen LogP contribution >= 0.6 is 0 Å². The average molecular weight is 326 g/mol. The molecule has 2 aromatic rings. The zero-order chi connectivity index (χ0) is 17.7. The lowest BCUT2D eigenvalue weighted by atomic mass is 10.1. The van der Waals surface area contributed by atoms with E-state index < -0.39 is 0 Å². The van der Waals surface area contributed by atoms with Gasteiger partial charge in [0.1, 0.15) is 5.60 Å². The molecule has 2 rings (SSSR count). The molecule has 128 valence electrons. The fourth-order valence-electron chi connectivity index (χ4n) is 2.29. The minimum Gasteiger partial charge on any atom is -0.472 e. The van der Waals surface area contributed by atoms with Crippen molar-refractivity contribution in [2.75, 3.05) is 5.32 Å². The number of rotatable bonds is 4. The van der Waals surface area contributed by atoms with Gasteiger partial charge in [-0.3, -0.25) is 0 Å². The highest BCUT2D eigenvalue weighted by Crippen LogP contribution is 2.16. The SMILES string of the molecule is Cc1cc(C)cc(NC(N)=NCc2ccc(OC(C)(C)C)nc2)c1. The van der Waals surface area contributed by atoms with E-state index in [2.05, 4.69) is 35.2 Å². The molecular weight excluding hydrogens is 300 g/mol. The van der Waals surface area contributed by atoms with Gasteiger partial charge in [0.2, 0.25) is 5.88 Å². The van der Waals surface area contributed by atoms with Gasteiger partial charge >= 0.3 is 0 Å². The van der Waals surface area contributed by atoms with Crippen molar-refractivity contribution in [1.29, 1.82) is 0 Å². The molecule has 0 saturated carbocycles. The third-order valence-electron chi connectivity index (χ3n) is 3.13. The Hall–Kier alpha value is -2.56. The number of hydrogen-bond donors (Lipinski definition) is 2. The molecule has 0 aliphatic rings. The molecule has 0 amide bonds. The molecule has 0 fully saturated rings. The molecule has 0 unspecified atom stereocenters. The normalized spacial score (nSPS) is 12.1. The Kier molecular flexibility index (Phi) is 5.44. The van der Waals surface area contributed by atoms with Gasteiger partial charge in [-0.05, 0) is 63.4 Å². The van der Waals surface area contributed by atoms with E-state index >= 15 is 0 Å². The molecule has 1 heterocycles. The third-order valence-corrected chi connectivity index (χ3v) is 3.13. The van der Waals surface area contributed by atoms with E-state index in [1.807, 2.05) is 45.0 Å². The summed E-state index contributed by atoms with van der Waals surface area (Å²) < 4.78 is 5.70. The number of aliphatic imine (C=N–C) groups is 1. The number of nitrogens with zero attached hydrogens (tertiary/aromatic N) is 2. The molecule has 5 nitrogen and oxygen atoms in total. The van der Waals surface area contributed by atoms with Crippen molar-refractivity contribution in [3.8, 4) is 5.88 Å². The lowest BCUT2D eigenvalue weighted by molar-refractivity contribution is 0.124. The lowest BCUT2D eigenvalue weighted by Crippen LogP contribution is -2.23.